The van der Waals surface area contributed by atoms with E-state index in [1.165, 1.54) is 6.08 Å². The standard InChI is InChI=1S/C24H21NO2S/c1-18-13-15-21(16-14-18)28-23(26)17-22(19-9-5-3-6-10-19)24(27)25(2)20-11-7-4-8-12-20/h3-17H,1-2H3/b22-17-. The summed E-state index contributed by atoms with van der Waals surface area (Å²) in [5.74, 6) is -0.227. The molecule has 3 aromatic rings. The summed E-state index contributed by atoms with van der Waals surface area (Å²) in [6, 6.07) is 26.4. The molecule has 0 heterocycles. The van der Waals surface area contributed by atoms with Gasteiger partial charge in [0, 0.05) is 23.7 Å². The van der Waals surface area contributed by atoms with Gasteiger partial charge in [-0.05, 0) is 48.5 Å². The quantitative estimate of drug-likeness (QED) is 0.437. The maximum absolute atomic E-state index is 13.2. The lowest BCUT2D eigenvalue weighted by Gasteiger charge is -2.19. The number of anilines is 1. The molecule has 0 aliphatic carbocycles. The molecule has 0 N–H and O–H groups in total. The molecule has 0 saturated heterocycles. The van der Waals surface area contributed by atoms with Gasteiger partial charge in [0.1, 0.15) is 0 Å². The first-order chi connectivity index (χ1) is 13.5. The molecule has 0 bridgehead atoms. The van der Waals surface area contributed by atoms with E-state index >= 15 is 0 Å². The number of thioether (sulfide) groups is 1. The molecule has 0 fully saturated rings. The molecule has 3 nitrogen and oxygen atoms in total. The maximum atomic E-state index is 13.2. The number of aryl methyl sites for hydroxylation is 1. The summed E-state index contributed by atoms with van der Waals surface area (Å²) in [7, 11) is 1.71. The van der Waals surface area contributed by atoms with Gasteiger partial charge >= 0.3 is 0 Å². The van der Waals surface area contributed by atoms with Crippen molar-refractivity contribution < 1.29 is 9.59 Å². The summed E-state index contributed by atoms with van der Waals surface area (Å²) >= 11 is 1.11. The van der Waals surface area contributed by atoms with Crippen LogP contribution in [0, 0.1) is 6.92 Å². The third kappa shape index (κ3) is 4.99. The van der Waals surface area contributed by atoms with Crippen LogP contribution in [0.4, 0.5) is 5.69 Å². The second-order valence-electron chi connectivity index (χ2n) is 6.36. The second kappa shape index (κ2) is 9.20. The fourth-order valence-corrected chi connectivity index (χ4v) is 3.39. The number of likely N-dealkylation sites (N-methyl/N-ethyl adjacent to an activating group) is 1. The number of amides is 1. The molecule has 0 aromatic heterocycles. The predicted octanol–water partition coefficient (Wildman–Crippen LogP) is 5.36. The highest BCUT2D eigenvalue weighted by Gasteiger charge is 2.19. The second-order valence-corrected chi connectivity index (χ2v) is 7.44. The third-order valence-electron chi connectivity index (χ3n) is 4.26. The van der Waals surface area contributed by atoms with Crippen LogP contribution in [0.15, 0.2) is 95.9 Å². The highest BCUT2D eigenvalue weighted by atomic mass is 32.2. The lowest BCUT2D eigenvalue weighted by Crippen LogP contribution is -2.27. The van der Waals surface area contributed by atoms with Crippen molar-refractivity contribution in [1.29, 1.82) is 0 Å². The van der Waals surface area contributed by atoms with Crippen LogP contribution >= 0.6 is 11.8 Å². The van der Waals surface area contributed by atoms with E-state index in [-0.39, 0.29) is 11.0 Å². The first-order valence-corrected chi connectivity index (χ1v) is 9.75. The van der Waals surface area contributed by atoms with Crippen LogP contribution < -0.4 is 4.90 Å². The van der Waals surface area contributed by atoms with Crippen molar-refractivity contribution in [3.63, 3.8) is 0 Å². The molecule has 0 aliphatic rings. The number of carbonyl (C=O) groups is 2. The zero-order valence-corrected chi connectivity index (χ0v) is 16.6. The molecule has 0 saturated carbocycles. The molecular weight excluding hydrogens is 366 g/mol. The summed E-state index contributed by atoms with van der Waals surface area (Å²) in [5, 5.41) is -0.183. The Morgan fingerprint density at radius 3 is 2.00 bits per heavy atom. The smallest absolute Gasteiger partial charge is 0.258 e. The zero-order valence-electron chi connectivity index (χ0n) is 15.8. The van der Waals surface area contributed by atoms with E-state index in [4.69, 9.17) is 0 Å². The van der Waals surface area contributed by atoms with E-state index in [1.807, 2.05) is 91.9 Å². The molecule has 4 heteroatoms. The average molecular weight is 388 g/mol. The Balaban J connectivity index is 1.90. The number of nitrogens with zero attached hydrogens (tertiary/aromatic N) is 1. The monoisotopic (exact) mass is 387 g/mol. The number of benzene rings is 3. The lowest BCUT2D eigenvalue weighted by atomic mass is 10.0. The highest BCUT2D eigenvalue weighted by molar-refractivity contribution is 8.14. The van der Waals surface area contributed by atoms with Crippen molar-refractivity contribution in [2.24, 2.45) is 0 Å². The number of carbonyl (C=O) groups excluding carboxylic acids is 2. The van der Waals surface area contributed by atoms with E-state index in [2.05, 4.69) is 0 Å². The maximum Gasteiger partial charge on any atom is 0.258 e. The van der Waals surface area contributed by atoms with Crippen molar-refractivity contribution in [1.82, 2.24) is 0 Å². The van der Waals surface area contributed by atoms with Gasteiger partial charge in [-0.3, -0.25) is 9.59 Å². The van der Waals surface area contributed by atoms with Crippen molar-refractivity contribution in [3.8, 4) is 0 Å². The van der Waals surface area contributed by atoms with Crippen molar-refractivity contribution in [3.05, 3.63) is 102 Å². The summed E-state index contributed by atoms with van der Waals surface area (Å²) in [5.41, 5.74) is 3.00. The number of hydrogen-bond donors (Lipinski definition) is 0. The lowest BCUT2D eigenvalue weighted by molar-refractivity contribution is -0.113. The molecule has 0 atom stereocenters. The van der Waals surface area contributed by atoms with Crippen molar-refractivity contribution in [2.45, 2.75) is 11.8 Å². The highest BCUT2D eigenvalue weighted by Crippen LogP contribution is 2.25. The van der Waals surface area contributed by atoms with Crippen molar-refractivity contribution in [2.75, 3.05) is 11.9 Å². The van der Waals surface area contributed by atoms with Gasteiger partial charge in [0.05, 0.1) is 5.57 Å². The van der Waals surface area contributed by atoms with E-state index in [0.717, 1.165) is 27.9 Å². The summed E-state index contributed by atoms with van der Waals surface area (Å²) in [6.07, 6.45) is 1.43. The largest absolute Gasteiger partial charge is 0.311 e. The van der Waals surface area contributed by atoms with Crippen LogP contribution in [0.1, 0.15) is 11.1 Å². The Kier molecular flexibility index (Phi) is 6.45. The zero-order chi connectivity index (χ0) is 19.9. The van der Waals surface area contributed by atoms with Gasteiger partial charge < -0.3 is 4.90 Å². The third-order valence-corrected chi connectivity index (χ3v) is 5.09. The molecule has 0 spiro atoms. The van der Waals surface area contributed by atoms with E-state index in [0.29, 0.717) is 11.1 Å². The number of hydrogen-bond acceptors (Lipinski definition) is 3. The van der Waals surface area contributed by atoms with Gasteiger partial charge in [-0.2, -0.15) is 0 Å². The Hall–Kier alpha value is -3.11. The van der Waals surface area contributed by atoms with Crippen molar-refractivity contribution >= 4 is 34.0 Å². The summed E-state index contributed by atoms with van der Waals surface area (Å²) < 4.78 is 0. The van der Waals surface area contributed by atoms with Gasteiger partial charge in [0.15, 0.2) is 0 Å². The first kappa shape index (κ1) is 19.6. The molecule has 3 aromatic carbocycles. The molecule has 0 aliphatic heterocycles. The molecular formula is C24H21NO2S. The van der Waals surface area contributed by atoms with Crippen LogP contribution in [0.25, 0.3) is 5.57 Å². The van der Waals surface area contributed by atoms with Gasteiger partial charge in [-0.1, -0.05) is 66.2 Å². The summed E-state index contributed by atoms with van der Waals surface area (Å²) in [6.45, 7) is 2.00. The molecule has 140 valence electrons. The molecule has 0 unspecified atom stereocenters. The molecule has 1 amide bonds. The minimum absolute atomic E-state index is 0.183. The topological polar surface area (TPSA) is 37.4 Å². The first-order valence-electron chi connectivity index (χ1n) is 8.93. The van der Waals surface area contributed by atoms with Crippen LogP contribution in [-0.4, -0.2) is 18.1 Å². The van der Waals surface area contributed by atoms with Gasteiger partial charge in [-0.15, -0.1) is 0 Å². The molecule has 28 heavy (non-hydrogen) atoms. The Bertz CT molecular complexity index is 980. The Morgan fingerprint density at radius 2 is 1.39 bits per heavy atom. The van der Waals surface area contributed by atoms with Crippen LogP contribution in [0.5, 0.6) is 0 Å². The fraction of sp³-hybridized carbons (Fsp3) is 0.0833. The SMILES string of the molecule is Cc1ccc(SC(=O)/C=C(\C(=O)N(C)c2ccccc2)c2ccccc2)cc1. The minimum Gasteiger partial charge on any atom is -0.311 e. The predicted molar refractivity (Wildman–Crippen MR) is 116 cm³/mol. The van der Waals surface area contributed by atoms with Gasteiger partial charge in [0.2, 0.25) is 5.12 Å². The Morgan fingerprint density at radius 1 is 0.821 bits per heavy atom. The van der Waals surface area contributed by atoms with Crippen LogP contribution in [0.2, 0.25) is 0 Å². The van der Waals surface area contributed by atoms with Crippen LogP contribution in [0.3, 0.4) is 0 Å². The van der Waals surface area contributed by atoms with Gasteiger partial charge in [0.25, 0.3) is 5.91 Å². The van der Waals surface area contributed by atoms with E-state index < -0.39 is 0 Å². The normalized spacial score (nSPS) is 11.1. The molecule has 3 rings (SSSR count). The fourth-order valence-electron chi connectivity index (χ4n) is 2.71. The summed E-state index contributed by atoms with van der Waals surface area (Å²) in [4.78, 5) is 28.2. The minimum atomic E-state index is -0.227. The number of para-hydroxylation sites is 1. The van der Waals surface area contributed by atoms with E-state index in [9.17, 15) is 9.59 Å². The van der Waals surface area contributed by atoms with Gasteiger partial charge in [-0.25, -0.2) is 0 Å². The van der Waals surface area contributed by atoms with Crippen LogP contribution in [-0.2, 0) is 9.59 Å². The van der Waals surface area contributed by atoms with E-state index in [1.54, 1.807) is 11.9 Å². The number of rotatable bonds is 5. The average Bonchev–Trinajstić information content (AvgIpc) is 2.74. The molecule has 0 radical (unpaired) electrons. The Labute approximate surface area is 169 Å².